The van der Waals surface area contributed by atoms with Gasteiger partial charge in [-0.05, 0) is 91.6 Å². The maximum Gasteiger partial charge on any atom is 0.488 e. The molecule has 3 fully saturated rings. The molecule has 1 saturated heterocycles. The van der Waals surface area contributed by atoms with E-state index >= 15 is 8.78 Å². The second-order valence-electron chi connectivity index (χ2n) is 11.3. The van der Waals surface area contributed by atoms with Gasteiger partial charge < -0.3 is 14.9 Å². The zero-order valence-electron chi connectivity index (χ0n) is 19.6. The maximum atomic E-state index is 15.4. The van der Waals surface area contributed by atoms with Crippen LogP contribution >= 0.6 is 0 Å². The summed E-state index contributed by atoms with van der Waals surface area (Å²) >= 11 is 0. The zero-order chi connectivity index (χ0) is 23.4. The van der Waals surface area contributed by atoms with Crippen LogP contribution in [0, 0.1) is 23.2 Å². The number of hydrogen-bond acceptors (Lipinski definition) is 3. The average Bonchev–Trinajstić information content (AvgIpc) is 3.02. The van der Waals surface area contributed by atoms with Crippen molar-refractivity contribution < 1.29 is 23.6 Å². The highest BCUT2D eigenvalue weighted by atomic mass is 19.3. The van der Waals surface area contributed by atoms with Crippen LogP contribution in [0.3, 0.4) is 0 Å². The van der Waals surface area contributed by atoms with Crippen LogP contribution < -0.4 is 5.46 Å². The number of nitrogens with zero attached hydrogens (tertiary/aromatic N) is 1. The second-order valence-corrected chi connectivity index (χ2v) is 11.3. The first-order valence-corrected chi connectivity index (χ1v) is 12.9. The number of rotatable bonds is 4. The molecule has 4 nitrogen and oxygen atoms in total. The first kappa shape index (κ1) is 23.3. The van der Waals surface area contributed by atoms with Gasteiger partial charge in [0, 0.05) is 31.3 Å². The van der Waals surface area contributed by atoms with Crippen LogP contribution in [0.4, 0.5) is 8.78 Å². The van der Waals surface area contributed by atoms with Crippen LogP contribution in [0.2, 0.25) is 0 Å². The Balaban J connectivity index is 1.37. The molecule has 1 heterocycles. The fourth-order valence-corrected chi connectivity index (χ4v) is 7.89. The average molecular weight is 459 g/mol. The minimum atomic E-state index is -2.69. The number of carbonyl (C=O) groups excluding carboxylic acids is 1. The van der Waals surface area contributed by atoms with E-state index in [0.29, 0.717) is 24.7 Å². The zero-order valence-corrected chi connectivity index (χ0v) is 19.6. The number of hydrogen-bond donors (Lipinski definition) is 2. The molecule has 2 saturated carbocycles. The minimum Gasteiger partial charge on any atom is -0.423 e. The number of fused-ring (bicyclic) bond motifs is 5. The molecule has 2 N–H and O–H groups in total. The summed E-state index contributed by atoms with van der Waals surface area (Å²) in [5, 5.41) is 19.1. The lowest BCUT2D eigenvalue weighted by Crippen LogP contribution is -2.48. The predicted molar refractivity (Wildman–Crippen MR) is 124 cm³/mol. The molecule has 1 aromatic rings. The van der Waals surface area contributed by atoms with E-state index in [1.807, 2.05) is 17.0 Å². The molecule has 3 aliphatic carbocycles. The highest BCUT2D eigenvalue weighted by molar-refractivity contribution is 6.58. The Morgan fingerprint density at radius 2 is 1.94 bits per heavy atom. The summed E-state index contributed by atoms with van der Waals surface area (Å²) in [6.07, 6.45) is 7.03. The Morgan fingerprint density at radius 1 is 1.18 bits per heavy atom. The van der Waals surface area contributed by atoms with E-state index < -0.39 is 18.5 Å². The molecule has 0 spiro atoms. The van der Waals surface area contributed by atoms with Crippen molar-refractivity contribution >= 4 is 18.5 Å². The number of benzene rings is 1. The second kappa shape index (κ2) is 8.64. The van der Waals surface area contributed by atoms with Gasteiger partial charge in [-0.1, -0.05) is 25.1 Å². The number of alkyl halides is 2. The summed E-state index contributed by atoms with van der Waals surface area (Å²) in [7, 11) is -1.49. The van der Waals surface area contributed by atoms with Gasteiger partial charge in [-0.25, -0.2) is 8.78 Å². The van der Waals surface area contributed by atoms with Crippen LogP contribution in [0.5, 0.6) is 0 Å². The third-order valence-electron chi connectivity index (χ3n) is 9.60. The molecule has 180 valence electrons. The van der Waals surface area contributed by atoms with Crippen molar-refractivity contribution in [3.8, 4) is 0 Å². The first-order valence-electron chi connectivity index (χ1n) is 12.9. The molecular formula is C26H36BF2NO3. The van der Waals surface area contributed by atoms with Gasteiger partial charge in [-0.2, -0.15) is 0 Å². The number of halogens is 2. The fraction of sp³-hybridized carbons (Fsp3) is 0.731. The molecule has 0 aromatic heterocycles. The lowest BCUT2D eigenvalue weighted by molar-refractivity contribution is -0.134. The van der Waals surface area contributed by atoms with E-state index in [-0.39, 0.29) is 36.0 Å². The predicted octanol–water partition coefficient (Wildman–Crippen LogP) is 3.88. The molecule has 1 aromatic carbocycles. The normalized spacial score (nSPS) is 34.9. The van der Waals surface area contributed by atoms with E-state index in [1.165, 1.54) is 12.0 Å². The Morgan fingerprint density at radius 3 is 2.67 bits per heavy atom. The van der Waals surface area contributed by atoms with E-state index in [2.05, 4.69) is 0 Å². The van der Waals surface area contributed by atoms with Crippen molar-refractivity contribution in [2.24, 2.45) is 23.2 Å². The number of aryl methyl sites for hydroxylation is 1. The maximum absolute atomic E-state index is 15.4. The SMILES string of the molecule is C[C@]12CCC3c4ccc(B(O)O)cc4CCC3C1[C@H](CCC(=O)N1CCCCC1)CC2(F)F. The Bertz CT molecular complexity index is 904. The summed E-state index contributed by atoms with van der Waals surface area (Å²) in [5.41, 5.74) is 1.84. The lowest BCUT2D eigenvalue weighted by atomic mass is 9.53. The molecule has 0 bridgehead atoms. The van der Waals surface area contributed by atoms with Crippen molar-refractivity contribution in [1.82, 2.24) is 4.90 Å². The molecule has 3 unspecified atom stereocenters. The summed E-state index contributed by atoms with van der Waals surface area (Å²) in [6.45, 7) is 3.43. The third kappa shape index (κ3) is 3.93. The van der Waals surface area contributed by atoms with Crippen LogP contribution in [-0.4, -0.2) is 47.0 Å². The lowest BCUT2D eigenvalue weighted by Gasteiger charge is -2.51. The van der Waals surface area contributed by atoms with Crippen LogP contribution in [0.15, 0.2) is 18.2 Å². The number of likely N-dealkylation sites (tertiary alicyclic amines) is 1. The smallest absolute Gasteiger partial charge is 0.423 e. The van der Waals surface area contributed by atoms with Crippen LogP contribution in [0.1, 0.15) is 81.8 Å². The third-order valence-corrected chi connectivity index (χ3v) is 9.60. The molecule has 1 aliphatic heterocycles. The quantitative estimate of drug-likeness (QED) is 0.672. The summed E-state index contributed by atoms with van der Waals surface area (Å²) in [4.78, 5) is 14.7. The Kier molecular flexibility index (Phi) is 6.09. The standard InChI is InChI=1S/C26H36BF2NO3/c1-25-12-11-21-20-9-7-19(27(32)33)15-17(20)5-8-22(21)24(25)18(16-26(25,28)29)6-10-23(31)30-13-3-2-4-14-30/h7,9,15,18,21-22,24,32-33H,2-6,8,10-14,16H2,1H3/t18-,21?,22?,24?,25+/m1/s1. The molecule has 33 heavy (non-hydrogen) atoms. The first-order chi connectivity index (χ1) is 15.7. The van der Waals surface area contributed by atoms with Crippen molar-refractivity contribution in [2.75, 3.05) is 13.1 Å². The number of amides is 1. The summed E-state index contributed by atoms with van der Waals surface area (Å²) in [5.74, 6) is -2.30. The van der Waals surface area contributed by atoms with Gasteiger partial charge in [0.05, 0.1) is 0 Å². The molecule has 5 rings (SSSR count). The monoisotopic (exact) mass is 459 g/mol. The molecule has 1 amide bonds. The van der Waals surface area contributed by atoms with Crippen LogP contribution in [-0.2, 0) is 11.2 Å². The van der Waals surface area contributed by atoms with Gasteiger partial charge in [0.15, 0.2) is 0 Å². The molecule has 5 atom stereocenters. The molecular weight excluding hydrogens is 423 g/mol. The van der Waals surface area contributed by atoms with E-state index in [0.717, 1.165) is 50.8 Å². The number of piperidine rings is 1. The molecule has 0 radical (unpaired) electrons. The summed E-state index contributed by atoms with van der Waals surface area (Å²) < 4.78 is 30.9. The number of carbonyl (C=O) groups is 1. The van der Waals surface area contributed by atoms with E-state index in [9.17, 15) is 14.8 Å². The van der Waals surface area contributed by atoms with Gasteiger partial charge >= 0.3 is 7.12 Å². The van der Waals surface area contributed by atoms with Crippen molar-refractivity contribution in [3.05, 3.63) is 29.3 Å². The highest BCUT2D eigenvalue weighted by Crippen LogP contribution is 2.68. The summed E-state index contributed by atoms with van der Waals surface area (Å²) in [6, 6.07) is 5.63. The van der Waals surface area contributed by atoms with Gasteiger partial charge in [0.2, 0.25) is 5.91 Å². The Hall–Kier alpha value is -1.47. The topological polar surface area (TPSA) is 60.8 Å². The Labute approximate surface area is 195 Å². The van der Waals surface area contributed by atoms with Crippen molar-refractivity contribution in [1.29, 1.82) is 0 Å². The molecule has 4 aliphatic rings. The molecule has 7 heteroatoms. The van der Waals surface area contributed by atoms with Gasteiger partial charge in [-0.3, -0.25) is 4.79 Å². The largest absolute Gasteiger partial charge is 0.488 e. The van der Waals surface area contributed by atoms with Crippen LogP contribution in [0.25, 0.3) is 0 Å². The van der Waals surface area contributed by atoms with E-state index in [4.69, 9.17) is 0 Å². The van der Waals surface area contributed by atoms with Crippen molar-refractivity contribution in [2.45, 2.75) is 83.0 Å². The van der Waals surface area contributed by atoms with Gasteiger partial charge in [0.25, 0.3) is 5.92 Å². The van der Waals surface area contributed by atoms with E-state index in [1.54, 1.807) is 13.0 Å². The fourth-order valence-electron chi connectivity index (χ4n) is 7.89. The van der Waals surface area contributed by atoms with Gasteiger partial charge in [-0.15, -0.1) is 0 Å². The highest BCUT2D eigenvalue weighted by Gasteiger charge is 2.67. The van der Waals surface area contributed by atoms with Crippen molar-refractivity contribution in [3.63, 3.8) is 0 Å². The minimum absolute atomic E-state index is 0.0725. The van der Waals surface area contributed by atoms with Gasteiger partial charge in [0.1, 0.15) is 0 Å².